The molecule has 0 amide bonds. The summed E-state index contributed by atoms with van der Waals surface area (Å²) in [6.07, 6.45) is 5.94. The van der Waals surface area contributed by atoms with E-state index in [1.807, 2.05) is 12.1 Å². The van der Waals surface area contributed by atoms with E-state index < -0.39 is 0 Å². The molecule has 4 nitrogen and oxygen atoms in total. The number of pyridine rings is 1. The Morgan fingerprint density at radius 2 is 2.00 bits per heavy atom. The molecule has 0 bridgehead atoms. The summed E-state index contributed by atoms with van der Waals surface area (Å²) in [5.74, 6) is 1.38. The Bertz CT molecular complexity index is 342. The molecule has 0 fully saturated rings. The molecule has 3 N–H and O–H groups in total. The van der Waals surface area contributed by atoms with Gasteiger partial charge in [0.1, 0.15) is 5.82 Å². The zero-order chi connectivity index (χ0) is 13.2. The van der Waals surface area contributed by atoms with Crippen molar-refractivity contribution in [3.63, 3.8) is 0 Å². The maximum absolute atomic E-state index is 5.81. The van der Waals surface area contributed by atoms with Crippen molar-refractivity contribution in [1.29, 1.82) is 0 Å². The molecule has 0 aliphatic heterocycles. The summed E-state index contributed by atoms with van der Waals surface area (Å²) in [5, 5.41) is 3.30. The molecule has 0 saturated heterocycles. The Morgan fingerprint density at radius 3 is 2.72 bits per heavy atom. The predicted molar refractivity (Wildman–Crippen MR) is 77.1 cm³/mol. The summed E-state index contributed by atoms with van der Waals surface area (Å²) in [6, 6.07) is 3.74. The molecule has 0 unspecified atom stereocenters. The molecule has 1 rings (SSSR count). The number of hydrogen-bond donors (Lipinski definition) is 2. The molecule has 0 aliphatic rings. The molecule has 0 aromatic carbocycles. The van der Waals surface area contributed by atoms with Gasteiger partial charge in [0.05, 0.1) is 12.3 Å². The number of nitrogens with one attached hydrogen (secondary N) is 1. The topological polar surface area (TPSA) is 60.2 Å². The highest BCUT2D eigenvalue weighted by molar-refractivity contribution is 5.53. The Morgan fingerprint density at radius 1 is 1.17 bits per heavy atom. The van der Waals surface area contributed by atoms with Gasteiger partial charge in [0.2, 0.25) is 5.88 Å². The van der Waals surface area contributed by atoms with Gasteiger partial charge in [-0.2, -0.15) is 4.98 Å². The molecule has 0 atom stereocenters. The molecular weight excluding hydrogens is 226 g/mol. The first-order chi connectivity index (χ1) is 8.77. The lowest BCUT2D eigenvalue weighted by Gasteiger charge is -2.10. The number of anilines is 2. The molecule has 0 spiro atoms. The minimum atomic E-state index is 0.537. The molecule has 1 aromatic rings. The first-order valence-corrected chi connectivity index (χ1v) is 6.91. The van der Waals surface area contributed by atoms with Crippen LogP contribution in [0.5, 0.6) is 5.88 Å². The first kappa shape index (κ1) is 14.6. The van der Waals surface area contributed by atoms with E-state index in [1.54, 1.807) is 0 Å². The van der Waals surface area contributed by atoms with Gasteiger partial charge in [0.15, 0.2) is 0 Å². The van der Waals surface area contributed by atoms with Crippen molar-refractivity contribution in [3.05, 3.63) is 12.1 Å². The first-order valence-electron chi connectivity index (χ1n) is 6.91. The lowest BCUT2D eigenvalue weighted by molar-refractivity contribution is 0.307. The number of hydrogen-bond acceptors (Lipinski definition) is 4. The number of unbranched alkanes of at least 4 members (excludes halogenated alkanes) is 3. The molecule has 0 saturated carbocycles. The van der Waals surface area contributed by atoms with Crippen molar-refractivity contribution in [3.8, 4) is 5.88 Å². The Hall–Kier alpha value is -1.45. The molecule has 18 heavy (non-hydrogen) atoms. The fourth-order valence-corrected chi connectivity index (χ4v) is 1.63. The van der Waals surface area contributed by atoms with Crippen LogP contribution >= 0.6 is 0 Å². The lowest BCUT2D eigenvalue weighted by atomic mass is 10.2. The number of ether oxygens (including phenoxy) is 1. The van der Waals surface area contributed by atoms with Gasteiger partial charge >= 0.3 is 0 Å². The molecule has 1 heterocycles. The van der Waals surface area contributed by atoms with Crippen LogP contribution in [0, 0.1) is 0 Å². The van der Waals surface area contributed by atoms with Gasteiger partial charge in [-0.1, -0.05) is 33.1 Å². The zero-order valence-corrected chi connectivity index (χ0v) is 11.5. The van der Waals surface area contributed by atoms with E-state index in [2.05, 4.69) is 24.1 Å². The largest absolute Gasteiger partial charge is 0.476 e. The van der Waals surface area contributed by atoms with Crippen LogP contribution < -0.4 is 15.8 Å². The number of nitrogens with two attached hydrogens (primary N) is 1. The fourth-order valence-electron chi connectivity index (χ4n) is 1.63. The minimum Gasteiger partial charge on any atom is -0.476 e. The van der Waals surface area contributed by atoms with E-state index in [4.69, 9.17) is 10.5 Å². The average Bonchev–Trinajstić information content (AvgIpc) is 2.39. The van der Waals surface area contributed by atoms with Crippen LogP contribution in [0.2, 0.25) is 0 Å². The third-order valence-corrected chi connectivity index (χ3v) is 2.67. The van der Waals surface area contributed by atoms with Gasteiger partial charge in [-0.15, -0.1) is 0 Å². The van der Waals surface area contributed by atoms with Crippen LogP contribution in [0.4, 0.5) is 11.5 Å². The molecule has 4 heteroatoms. The molecule has 0 aliphatic carbocycles. The van der Waals surface area contributed by atoms with Crippen LogP contribution in [0.25, 0.3) is 0 Å². The summed E-state index contributed by atoms with van der Waals surface area (Å²) >= 11 is 0. The van der Waals surface area contributed by atoms with E-state index in [1.165, 1.54) is 25.7 Å². The lowest BCUT2D eigenvalue weighted by Crippen LogP contribution is -2.06. The van der Waals surface area contributed by atoms with E-state index in [9.17, 15) is 0 Å². The number of aromatic nitrogens is 1. The Kier molecular flexibility index (Phi) is 6.99. The Balaban J connectivity index is 2.40. The van der Waals surface area contributed by atoms with Crippen molar-refractivity contribution in [1.82, 2.24) is 4.98 Å². The SMILES string of the molecule is CCCCCCNc1ccc(N)c(OCCC)n1. The van der Waals surface area contributed by atoms with Crippen LogP contribution in [-0.4, -0.2) is 18.1 Å². The van der Waals surface area contributed by atoms with Gasteiger partial charge in [-0.3, -0.25) is 0 Å². The van der Waals surface area contributed by atoms with Crippen LogP contribution in [0.15, 0.2) is 12.1 Å². The van der Waals surface area contributed by atoms with Gasteiger partial charge in [0, 0.05) is 6.54 Å². The van der Waals surface area contributed by atoms with E-state index in [-0.39, 0.29) is 0 Å². The Labute approximate surface area is 110 Å². The quantitative estimate of drug-likeness (QED) is 0.660. The second kappa shape index (κ2) is 8.61. The van der Waals surface area contributed by atoms with Crippen LogP contribution in [0.1, 0.15) is 46.0 Å². The smallest absolute Gasteiger partial charge is 0.239 e. The van der Waals surface area contributed by atoms with Gasteiger partial charge in [0.25, 0.3) is 0 Å². The summed E-state index contributed by atoms with van der Waals surface area (Å²) < 4.78 is 5.50. The maximum Gasteiger partial charge on any atom is 0.239 e. The highest BCUT2D eigenvalue weighted by Crippen LogP contribution is 2.21. The second-order valence-corrected chi connectivity index (χ2v) is 4.43. The van der Waals surface area contributed by atoms with Crippen LogP contribution in [-0.2, 0) is 0 Å². The normalized spacial score (nSPS) is 10.3. The van der Waals surface area contributed by atoms with Gasteiger partial charge < -0.3 is 15.8 Å². The highest BCUT2D eigenvalue weighted by atomic mass is 16.5. The summed E-state index contributed by atoms with van der Waals surface area (Å²) in [5.41, 5.74) is 6.41. The average molecular weight is 251 g/mol. The standard InChI is InChI=1S/C14H25N3O/c1-3-5-6-7-10-16-13-9-8-12(15)14(17-13)18-11-4-2/h8-9H,3-7,10-11,15H2,1-2H3,(H,16,17). The molecule has 1 aromatic heterocycles. The second-order valence-electron chi connectivity index (χ2n) is 4.43. The van der Waals surface area contributed by atoms with Crippen molar-refractivity contribution in [2.75, 3.05) is 24.2 Å². The van der Waals surface area contributed by atoms with E-state index in [0.717, 1.165) is 18.8 Å². The van der Waals surface area contributed by atoms with Crippen molar-refractivity contribution in [2.45, 2.75) is 46.0 Å². The minimum absolute atomic E-state index is 0.537. The maximum atomic E-state index is 5.81. The number of nitrogen functional groups attached to an aromatic ring is 1. The predicted octanol–water partition coefficient (Wildman–Crippen LogP) is 3.44. The third-order valence-electron chi connectivity index (χ3n) is 2.67. The summed E-state index contributed by atoms with van der Waals surface area (Å²) in [6.45, 7) is 5.87. The summed E-state index contributed by atoms with van der Waals surface area (Å²) in [4.78, 5) is 4.37. The van der Waals surface area contributed by atoms with Crippen molar-refractivity contribution < 1.29 is 4.74 Å². The third kappa shape index (κ3) is 5.25. The monoisotopic (exact) mass is 251 g/mol. The molecule has 0 radical (unpaired) electrons. The van der Waals surface area contributed by atoms with E-state index >= 15 is 0 Å². The van der Waals surface area contributed by atoms with Crippen LogP contribution in [0.3, 0.4) is 0 Å². The van der Waals surface area contributed by atoms with Crippen molar-refractivity contribution >= 4 is 11.5 Å². The molecular formula is C14H25N3O. The highest BCUT2D eigenvalue weighted by Gasteiger charge is 2.03. The van der Waals surface area contributed by atoms with Gasteiger partial charge in [-0.25, -0.2) is 0 Å². The molecule has 102 valence electrons. The zero-order valence-electron chi connectivity index (χ0n) is 11.5. The van der Waals surface area contributed by atoms with Gasteiger partial charge in [-0.05, 0) is 25.0 Å². The summed E-state index contributed by atoms with van der Waals surface area (Å²) in [7, 11) is 0. The fraction of sp³-hybridized carbons (Fsp3) is 0.643. The number of rotatable bonds is 9. The van der Waals surface area contributed by atoms with Crippen molar-refractivity contribution in [2.24, 2.45) is 0 Å². The van der Waals surface area contributed by atoms with E-state index in [0.29, 0.717) is 18.2 Å². The number of nitrogens with zero attached hydrogens (tertiary/aromatic N) is 1.